The molecule has 0 spiro atoms. The second kappa shape index (κ2) is 6.00. The summed E-state index contributed by atoms with van der Waals surface area (Å²) in [7, 11) is 0. The zero-order valence-corrected chi connectivity index (χ0v) is 13.4. The molecule has 3 nitrogen and oxygen atoms in total. The Morgan fingerprint density at radius 1 is 1.35 bits per heavy atom. The van der Waals surface area contributed by atoms with Crippen molar-refractivity contribution in [2.75, 3.05) is 5.32 Å². The minimum atomic E-state index is 0.626. The first kappa shape index (κ1) is 13.7. The van der Waals surface area contributed by atoms with Crippen LogP contribution in [0.25, 0.3) is 0 Å². The molecule has 0 unspecified atom stereocenters. The number of nitrogens with one attached hydrogen (secondary N) is 1. The highest BCUT2D eigenvalue weighted by Crippen LogP contribution is 2.32. The molecule has 0 aliphatic heterocycles. The molecule has 0 saturated heterocycles. The fourth-order valence-corrected chi connectivity index (χ4v) is 3.38. The summed E-state index contributed by atoms with van der Waals surface area (Å²) < 4.78 is 3.45. The summed E-state index contributed by atoms with van der Waals surface area (Å²) >= 11 is 3.51. The smallest absolute Gasteiger partial charge is 0.203 e. The fraction of sp³-hybridized carbons (Fsp3) is 0.438. The van der Waals surface area contributed by atoms with Gasteiger partial charge >= 0.3 is 0 Å². The van der Waals surface area contributed by atoms with E-state index < -0.39 is 0 Å². The molecule has 1 N–H and O–H groups in total. The van der Waals surface area contributed by atoms with Crippen molar-refractivity contribution in [2.24, 2.45) is 0 Å². The number of anilines is 1. The molecular formula is C16H20BrN3. The number of rotatable bonds is 4. The van der Waals surface area contributed by atoms with Gasteiger partial charge in [-0.2, -0.15) is 0 Å². The molecular weight excluding hydrogens is 314 g/mol. The van der Waals surface area contributed by atoms with Gasteiger partial charge in [0.1, 0.15) is 0 Å². The first-order valence-corrected chi connectivity index (χ1v) is 8.05. The maximum Gasteiger partial charge on any atom is 0.203 e. The highest BCUT2D eigenvalue weighted by atomic mass is 79.9. The van der Waals surface area contributed by atoms with E-state index in [1.165, 1.54) is 31.2 Å². The molecule has 1 saturated carbocycles. The van der Waals surface area contributed by atoms with E-state index >= 15 is 0 Å². The van der Waals surface area contributed by atoms with Crippen molar-refractivity contribution in [1.82, 2.24) is 9.55 Å². The predicted molar refractivity (Wildman–Crippen MR) is 85.9 cm³/mol. The molecule has 106 valence electrons. The highest BCUT2D eigenvalue weighted by Gasteiger charge is 2.19. The number of nitrogens with zero attached hydrogens (tertiary/aromatic N) is 2. The molecule has 1 aliphatic rings. The third kappa shape index (κ3) is 3.06. The highest BCUT2D eigenvalue weighted by molar-refractivity contribution is 9.10. The number of hydrogen-bond donors (Lipinski definition) is 1. The van der Waals surface area contributed by atoms with E-state index in [1.807, 2.05) is 6.07 Å². The molecule has 0 atom stereocenters. The predicted octanol–water partition coefficient (Wildman–Crippen LogP) is 4.68. The third-order valence-corrected chi connectivity index (χ3v) is 4.40. The molecule has 1 aromatic carbocycles. The average Bonchev–Trinajstić information content (AvgIpc) is 3.05. The van der Waals surface area contributed by atoms with Crippen LogP contribution in [0.1, 0.15) is 43.0 Å². The number of aryl methyl sites for hydroxylation is 1. The Bertz CT molecular complexity index is 585. The number of hydrogen-bond acceptors (Lipinski definition) is 2. The molecule has 1 fully saturated rings. The molecule has 4 heteroatoms. The zero-order chi connectivity index (χ0) is 13.9. The maximum atomic E-state index is 4.63. The lowest BCUT2D eigenvalue weighted by molar-refractivity contribution is 0.522. The van der Waals surface area contributed by atoms with E-state index in [9.17, 15) is 0 Å². The third-order valence-electron chi connectivity index (χ3n) is 3.91. The van der Waals surface area contributed by atoms with Gasteiger partial charge in [0.15, 0.2) is 0 Å². The summed E-state index contributed by atoms with van der Waals surface area (Å²) in [4.78, 5) is 4.63. The largest absolute Gasteiger partial charge is 0.352 e. The summed E-state index contributed by atoms with van der Waals surface area (Å²) in [6.45, 7) is 2.87. The van der Waals surface area contributed by atoms with Gasteiger partial charge in [-0.1, -0.05) is 40.9 Å². The monoisotopic (exact) mass is 333 g/mol. The van der Waals surface area contributed by atoms with Crippen molar-refractivity contribution in [3.63, 3.8) is 0 Å². The Kier molecular flexibility index (Phi) is 4.10. The molecule has 1 aliphatic carbocycles. The minimum absolute atomic E-state index is 0.626. The van der Waals surface area contributed by atoms with Crippen LogP contribution >= 0.6 is 15.9 Å². The van der Waals surface area contributed by atoms with Gasteiger partial charge in [-0.25, -0.2) is 4.98 Å². The van der Waals surface area contributed by atoms with Gasteiger partial charge in [0.2, 0.25) is 5.95 Å². The fourth-order valence-electron chi connectivity index (χ4n) is 2.94. The zero-order valence-electron chi connectivity index (χ0n) is 11.8. The van der Waals surface area contributed by atoms with Crippen molar-refractivity contribution in [1.29, 1.82) is 0 Å². The van der Waals surface area contributed by atoms with Gasteiger partial charge in [0.25, 0.3) is 0 Å². The molecule has 1 heterocycles. The Labute approximate surface area is 128 Å². The van der Waals surface area contributed by atoms with Crippen LogP contribution in [-0.2, 0) is 6.54 Å². The van der Waals surface area contributed by atoms with Gasteiger partial charge in [-0.05, 0) is 37.5 Å². The van der Waals surface area contributed by atoms with Crippen LogP contribution in [0.15, 0.2) is 34.9 Å². The van der Waals surface area contributed by atoms with E-state index in [0.29, 0.717) is 6.04 Å². The van der Waals surface area contributed by atoms with Crippen LogP contribution in [0.2, 0.25) is 0 Å². The molecule has 3 rings (SSSR count). The van der Waals surface area contributed by atoms with Crippen LogP contribution in [0.3, 0.4) is 0 Å². The van der Waals surface area contributed by atoms with E-state index in [2.05, 4.69) is 62.1 Å². The Hall–Kier alpha value is -1.29. The standard InChI is InChI=1S/C16H20BrN3/c1-12-11-20(15-7-2-3-8-15)16(19-12)18-10-13-5-4-6-14(17)9-13/h4-6,9,11,15H,2-3,7-8,10H2,1H3,(H,18,19). The van der Waals surface area contributed by atoms with Crippen molar-refractivity contribution >= 4 is 21.9 Å². The van der Waals surface area contributed by atoms with Crippen LogP contribution < -0.4 is 5.32 Å². The second-order valence-electron chi connectivity index (χ2n) is 5.53. The maximum absolute atomic E-state index is 4.63. The van der Waals surface area contributed by atoms with Gasteiger partial charge < -0.3 is 9.88 Å². The number of halogens is 1. The molecule has 0 radical (unpaired) electrons. The quantitative estimate of drug-likeness (QED) is 0.880. The van der Waals surface area contributed by atoms with Gasteiger partial charge in [-0.3, -0.25) is 0 Å². The average molecular weight is 334 g/mol. The number of benzene rings is 1. The van der Waals surface area contributed by atoms with E-state index in [-0.39, 0.29) is 0 Å². The summed E-state index contributed by atoms with van der Waals surface area (Å²) in [6.07, 6.45) is 7.42. The van der Waals surface area contributed by atoms with Crippen LogP contribution in [-0.4, -0.2) is 9.55 Å². The normalized spacial score (nSPS) is 15.7. The van der Waals surface area contributed by atoms with Crippen molar-refractivity contribution in [2.45, 2.75) is 45.2 Å². The molecule has 1 aromatic heterocycles. The summed E-state index contributed by atoms with van der Waals surface area (Å²) in [5.41, 5.74) is 2.35. The minimum Gasteiger partial charge on any atom is -0.352 e. The van der Waals surface area contributed by atoms with Gasteiger partial charge in [0, 0.05) is 23.3 Å². The lowest BCUT2D eigenvalue weighted by Gasteiger charge is -2.15. The van der Waals surface area contributed by atoms with Crippen molar-refractivity contribution in [3.05, 3.63) is 46.2 Å². The Morgan fingerprint density at radius 3 is 2.90 bits per heavy atom. The molecule has 20 heavy (non-hydrogen) atoms. The van der Waals surface area contributed by atoms with Crippen LogP contribution in [0.5, 0.6) is 0 Å². The second-order valence-corrected chi connectivity index (χ2v) is 6.45. The topological polar surface area (TPSA) is 29.9 Å². The van der Waals surface area contributed by atoms with Crippen LogP contribution in [0, 0.1) is 6.92 Å². The van der Waals surface area contributed by atoms with E-state index in [0.717, 1.165) is 22.7 Å². The Balaban J connectivity index is 1.73. The lowest BCUT2D eigenvalue weighted by atomic mass is 10.2. The van der Waals surface area contributed by atoms with Crippen molar-refractivity contribution in [3.8, 4) is 0 Å². The van der Waals surface area contributed by atoms with Gasteiger partial charge in [-0.15, -0.1) is 0 Å². The van der Waals surface area contributed by atoms with Crippen molar-refractivity contribution < 1.29 is 0 Å². The molecule has 0 bridgehead atoms. The SMILES string of the molecule is Cc1cn(C2CCCC2)c(NCc2cccc(Br)c2)n1. The van der Waals surface area contributed by atoms with Crippen LogP contribution in [0.4, 0.5) is 5.95 Å². The summed E-state index contributed by atoms with van der Waals surface area (Å²) in [5.74, 6) is 1.01. The number of aromatic nitrogens is 2. The van der Waals surface area contributed by atoms with E-state index in [4.69, 9.17) is 0 Å². The molecule has 2 aromatic rings. The first-order valence-electron chi connectivity index (χ1n) is 7.26. The molecule has 0 amide bonds. The summed E-state index contributed by atoms with van der Waals surface area (Å²) in [6, 6.07) is 9.01. The summed E-state index contributed by atoms with van der Waals surface area (Å²) in [5, 5.41) is 3.49. The number of imidazole rings is 1. The lowest BCUT2D eigenvalue weighted by Crippen LogP contribution is -2.10. The first-order chi connectivity index (χ1) is 9.72. The Morgan fingerprint density at radius 2 is 2.15 bits per heavy atom. The van der Waals surface area contributed by atoms with E-state index in [1.54, 1.807) is 0 Å². The van der Waals surface area contributed by atoms with Gasteiger partial charge in [0.05, 0.1) is 5.69 Å².